The second-order valence-corrected chi connectivity index (χ2v) is 6.02. The topological polar surface area (TPSA) is 81.7 Å². The fraction of sp³-hybridized carbons (Fsp3) is 0.118. The Morgan fingerprint density at radius 1 is 0.960 bits per heavy atom. The van der Waals surface area contributed by atoms with Crippen molar-refractivity contribution in [3.05, 3.63) is 62.5 Å². The van der Waals surface area contributed by atoms with Crippen molar-refractivity contribution in [2.75, 3.05) is 19.5 Å². The zero-order valence-corrected chi connectivity index (χ0v) is 15.4. The Labute approximate surface area is 156 Å². The van der Waals surface area contributed by atoms with Gasteiger partial charge in [-0.3, -0.25) is 4.79 Å². The average molecular weight is 457 g/mol. The first-order valence-electron chi connectivity index (χ1n) is 6.94. The maximum atomic E-state index is 13.2. The molecular weight excluding hydrogens is 444 g/mol. The number of carbonyl (C=O) groups is 3. The monoisotopic (exact) mass is 457 g/mol. The fourth-order valence-corrected chi connectivity index (χ4v) is 2.77. The molecule has 2 aromatic rings. The molecule has 0 atom stereocenters. The van der Waals surface area contributed by atoms with Crippen molar-refractivity contribution in [3.63, 3.8) is 0 Å². The highest BCUT2D eigenvalue weighted by Gasteiger charge is 2.16. The first-order valence-corrected chi connectivity index (χ1v) is 8.01. The quantitative estimate of drug-likeness (QED) is 0.564. The Morgan fingerprint density at radius 3 is 2.00 bits per heavy atom. The lowest BCUT2D eigenvalue weighted by Gasteiger charge is -2.10. The maximum Gasteiger partial charge on any atom is 0.337 e. The normalized spacial score (nSPS) is 10.1. The van der Waals surface area contributed by atoms with Crippen LogP contribution in [0.2, 0.25) is 0 Å². The Bertz CT molecular complexity index is 819. The number of methoxy groups -OCH3 is 2. The van der Waals surface area contributed by atoms with Gasteiger partial charge in [0.25, 0.3) is 5.91 Å². The zero-order valence-electron chi connectivity index (χ0n) is 13.3. The van der Waals surface area contributed by atoms with E-state index in [-0.39, 0.29) is 22.4 Å². The number of ether oxygens (including phenoxy) is 2. The minimum absolute atomic E-state index is 0.0782. The summed E-state index contributed by atoms with van der Waals surface area (Å²) in [6.07, 6.45) is 0. The van der Waals surface area contributed by atoms with Crippen molar-refractivity contribution in [1.82, 2.24) is 0 Å². The minimum atomic E-state index is -0.669. The maximum absolute atomic E-state index is 13.2. The van der Waals surface area contributed by atoms with Crippen molar-refractivity contribution in [2.24, 2.45) is 0 Å². The van der Waals surface area contributed by atoms with Gasteiger partial charge in [-0.05, 0) is 59.0 Å². The van der Waals surface area contributed by atoms with E-state index in [4.69, 9.17) is 0 Å². The number of benzene rings is 2. The van der Waals surface area contributed by atoms with E-state index in [1.807, 2.05) is 22.6 Å². The molecule has 0 spiro atoms. The van der Waals surface area contributed by atoms with E-state index in [1.165, 1.54) is 50.6 Å². The summed E-state index contributed by atoms with van der Waals surface area (Å²) in [5.41, 5.74) is 0.613. The molecule has 0 aliphatic rings. The number of hydrogen-bond donors (Lipinski definition) is 1. The number of rotatable bonds is 4. The van der Waals surface area contributed by atoms with Gasteiger partial charge in [0.1, 0.15) is 5.82 Å². The van der Waals surface area contributed by atoms with Gasteiger partial charge in [-0.15, -0.1) is 0 Å². The molecule has 0 bridgehead atoms. The molecule has 2 rings (SSSR count). The van der Waals surface area contributed by atoms with Crippen molar-refractivity contribution in [3.8, 4) is 0 Å². The molecule has 6 nitrogen and oxygen atoms in total. The third-order valence-electron chi connectivity index (χ3n) is 3.21. The molecule has 2 aromatic carbocycles. The largest absolute Gasteiger partial charge is 0.465 e. The standard InChI is InChI=1S/C17H13FINO5/c1-24-16(22)9-5-10(17(23)25-2)7-12(6-9)20-15(21)13-4-3-11(18)8-14(13)19/h3-8H,1-2H3,(H,20,21). The van der Waals surface area contributed by atoms with Crippen LogP contribution in [0.4, 0.5) is 10.1 Å². The van der Waals surface area contributed by atoms with Crippen LogP contribution in [0.1, 0.15) is 31.1 Å². The van der Waals surface area contributed by atoms with Gasteiger partial charge in [-0.2, -0.15) is 0 Å². The first kappa shape index (κ1) is 18.8. The van der Waals surface area contributed by atoms with Crippen molar-refractivity contribution < 1.29 is 28.2 Å². The van der Waals surface area contributed by atoms with Gasteiger partial charge in [0.15, 0.2) is 0 Å². The van der Waals surface area contributed by atoms with Crippen molar-refractivity contribution >= 4 is 46.1 Å². The highest BCUT2D eigenvalue weighted by atomic mass is 127. The van der Waals surface area contributed by atoms with Gasteiger partial charge in [-0.1, -0.05) is 0 Å². The number of halogens is 2. The molecule has 0 radical (unpaired) electrons. The molecule has 130 valence electrons. The van der Waals surface area contributed by atoms with Crippen LogP contribution >= 0.6 is 22.6 Å². The third kappa shape index (κ3) is 4.53. The summed E-state index contributed by atoms with van der Waals surface area (Å²) in [5, 5.41) is 2.58. The number of esters is 2. The van der Waals surface area contributed by atoms with Crippen LogP contribution in [-0.4, -0.2) is 32.1 Å². The van der Waals surface area contributed by atoms with Crippen LogP contribution in [-0.2, 0) is 9.47 Å². The molecule has 0 saturated heterocycles. The summed E-state index contributed by atoms with van der Waals surface area (Å²) in [7, 11) is 2.40. The van der Waals surface area contributed by atoms with Crippen LogP contribution in [0.15, 0.2) is 36.4 Å². The lowest BCUT2D eigenvalue weighted by molar-refractivity contribution is 0.0599. The van der Waals surface area contributed by atoms with Crippen LogP contribution in [0.5, 0.6) is 0 Å². The Morgan fingerprint density at radius 2 is 1.52 bits per heavy atom. The molecule has 8 heteroatoms. The molecule has 0 fully saturated rings. The molecule has 0 aromatic heterocycles. The van der Waals surface area contributed by atoms with E-state index < -0.39 is 23.7 Å². The summed E-state index contributed by atoms with van der Waals surface area (Å²) in [5.74, 6) is -2.31. The van der Waals surface area contributed by atoms with Gasteiger partial charge in [0, 0.05) is 9.26 Å². The number of nitrogens with one attached hydrogen (secondary N) is 1. The lowest BCUT2D eigenvalue weighted by Crippen LogP contribution is -2.15. The van der Waals surface area contributed by atoms with E-state index in [9.17, 15) is 18.8 Å². The first-order chi connectivity index (χ1) is 11.8. The smallest absolute Gasteiger partial charge is 0.337 e. The lowest BCUT2D eigenvalue weighted by atomic mass is 10.1. The van der Waals surface area contributed by atoms with Gasteiger partial charge in [-0.25, -0.2) is 14.0 Å². The highest BCUT2D eigenvalue weighted by Crippen LogP contribution is 2.20. The summed E-state index contributed by atoms with van der Waals surface area (Å²) in [6, 6.07) is 7.77. The summed E-state index contributed by atoms with van der Waals surface area (Å²) in [6.45, 7) is 0. The van der Waals surface area contributed by atoms with Crippen LogP contribution in [0.25, 0.3) is 0 Å². The molecule has 0 heterocycles. The van der Waals surface area contributed by atoms with Gasteiger partial charge in [0.2, 0.25) is 0 Å². The second-order valence-electron chi connectivity index (χ2n) is 4.86. The van der Waals surface area contributed by atoms with E-state index in [0.717, 1.165) is 0 Å². The van der Waals surface area contributed by atoms with E-state index in [0.29, 0.717) is 3.57 Å². The predicted molar refractivity (Wildman–Crippen MR) is 96.2 cm³/mol. The second kappa shape index (κ2) is 8.06. The van der Waals surface area contributed by atoms with E-state index in [2.05, 4.69) is 14.8 Å². The highest BCUT2D eigenvalue weighted by molar-refractivity contribution is 14.1. The Balaban J connectivity index is 2.38. The van der Waals surface area contributed by atoms with Crippen LogP contribution < -0.4 is 5.32 Å². The summed E-state index contributed by atoms with van der Waals surface area (Å²) < 4.78 is 22.9. The Kier molecular flexibility index (Phi) is 6.07. The molecule has 0 saturated carbocycles. The minimum Gasteiger partial charge on any atom is -0.465 e. The van der Waals surface area contributed by atoms with Crippen LogP contribution in [0, 0.1) is 9.39 Å². The summed E-state index contributed by atoms with van der Waals surface area (Å²) >= 11 is 1.84. The van der Waals surface area contributed by atoms with E-state index >= 15 is 0 Å². The molecule has 1 amide bonds. The number of amides is 1. The van der Waals surface area contributed by atoms with Gasteiger partial charge < -0.3 is 14.8 Å². The molecule has 0 aliphatic heterocycles. The summed E-state index contributed by atoms with van der Waals surface area (Å²) in [4.78, 5) is 35.9. The van der Waals surface area contributed by atoms with Gasteiger partial charge >= 0.3 is 11.9 Å². The van der Waals surface area contributed by atoms with Crippen LogP contribution in [0.3, 0.4) is 0 Å². The van der Waals surface area contributed by atoms with Gasteiger partial charge in [0.05, 0.1) is 30.9 Å². The number of hydrogen-bond acceptors (Lipinski definition) is 5. The number of anilines is 1. The Hall–Kier alpha value is -2.49. The molecule has 1 N–H and O–H groups in total. The molecule has 0 unspecified atom stereocenters. The molecule has 25 heavy (non-hydrogen) atoms. The van der Waals surface area contributed by atoms with E-state index in [1.54, 1.807) is 0 Å². The number of carbonyl (C=O) groups excluding carboxylic acids is 3. The fourth-order valence-electron chi connectivity index (χ4n) is 2.04. The third-order valence-corrected chi connectivity index (χ3v) is 4.10. The predicted octanol–water partition coefficient (Wildman–Crippen LogP) is 3.26. The average Bonchev–Trinajstić information content (AvgIpc) is 2.59. The SMILES string of the molecule is COC(=O)c1cc(NC(=O)c2ccc(F)cc2I)cc(C(=O)OC)c1. The van der Waals surface area contributed by atoms with Crippen molar-refractivity contribution in [1.29, 1.82) is 0 Å². The molecular formula is C17H13FINO5. The molecule has 0 aliphatic carbocycles. The zero-order chi connectivity index (χ0) is 18.6. The van der Waals surface area contributed by atoms with Crippen molar-refractivity contribution in [2.45, 2.75) is 0 Å².